The number of aliphatic hydroxyl groups excluding tert-OH is 1. The molecule has 0 saturated carbocycles. The number of carboxylic acids is 1. The lowest BCUT2D eigenvalue weighted by molar-refractivity contribution is -0.137. The van der Waals surface area contributed by atoms with Gasteiger partial charge >= 0.3 is 5.97 Å². The number of nitrogens with zero attached hydrogens (tertiary/aromatic N) is 1. The fourth-order valence-corrected chi connectivity index (χ4v) is 13.3. The van der Waals surface area contributed by atoms with E-state index >= 15 is 0 Å². The van der Waals surface area contributed by atoms with Crippen molar-refractivity contribution in [3.05, 3.63) is 112 Å². The quantitative estimate of drug-likeness (QED) is 0.0274. The van der Waals surface area contributed by atoms with E-state index in [0.717, 1.165) is 60.3 Å². The Morgan fingerprint density at radius 1 is 0.622 bits per heavy atom. The van der Waals surface area contributed by atoms with Gasteiger partial charge in [0.15, 0.2) is 17.3 Å². The van der Waals surface area contributed by atoms with Gasteiger partial charge in [-0.15, -0.1) is 0 Å². The third-order valence-electron chi connectivity index (χ3n) is 16.9. The van der Waals surface area contributed by atoms with Crippen LogP contribution in [0.25, 0.3) is 0 Å². The van der Waals surface area contributed by atoms with Crippen molar-refractivity contribution in [1.29, 1.82) is 0 Å². The maximum Gasteiger partial charge on any atom is 0.303 e. The van der Waals surface area contributed by atoms with Crippen molar-refractivity contribution >= 4 is 39.1 Å². The predicted molar refractivity (Wildman–Crippen MR) is 376 cm³/mol. The fraction of sp³-hybridized carbons (Fsp3) is 0.622. The molecule has 4 aliphatic heterocycles. The Morgan fingerprint density at radius 3 is 1.69 bits per heavy atom. The molecule has 98 heavy (non-hydrogen) atoms. The van der Waals surface area contributed by atoms with E-state index in [1.165, 1.54) is 68.2 Å². The minimum Gasteiger partial charge on any atom is -0.493 e. The predicted octanol–water partition coefficient (Wildman–Crippen LogP) is 11.9. The molecule has 0 aromatic heterocycles. The number of fused-ring (bicyclic) bond motifs is 8. The highest BCUT2D eigenvalue weighted by atomic mass is 35.5. The van der Waals surface area contributed by atoms with E-state index in [2.05, 4.69) is 18.8 Å². The molecule has 3 N–H and O–H groups in total. The molecular weight excluding hydrogens is 1300 g/mol. The van der Waals surface area contributed by atoms with Gasteiger partial charge in [-0.25, -0.2) is 8.42 Å². The van der Waals surface area contributed by atoms with Crippen LogP contribution in [0.2, 0.25) is 5.02 Å². The van der Waals surface area contributed by atoms with Crippen molar-refractivity contribution in [2.45, 2.75) is 146 Å². The summed E-state index contributed by atoms with van der Waals surface area (Å²) in [5.41, 5.74) is 5.43. The summed E-state index contributed by atoms with van der Waals surface area (Å²) in [5, 5.41) is 21.2. The molecule has 0 amide bonds. The number of ether oxygens (including phenoxy) is 14. The molecule has 0 aliphatic carbocycles. The van der Waals surface area contributed by atoms with Gasteiger partial charge in [-0.2, -0.15) is 0 Å². The lowest BCUT2D eigenvalue weighted by atomic mass is 9.81. The van der Waals surface area contributed by atoms with Crippen molar-refractivity contribution < 1.29 is 94.5 Å². The summed E-state index contributed by atoms with van der Waals surface area (Å²) in [7, 11) is 0.978. The molecule has 4 aliphatic rings. The Labute approximate surface area is 586 Å². The number of benzene rings is 4. The van der Waals surface area contributed by atoms with Crippen molar-refractivity contribution in [1.82, 2.24) is 5.32 Å². The average Bonchev–Trinajstić information content (AvgIpc) is 1.26. The second kappa shape index (κ2) is 46.7. The molecule has 0 spiro atoms. The van der Waals surface area contributed by atoms with Crippen molar-refractivity contribution in [2.75, 3.05) is 164 Å². The maximum atomic E-state index is 13.5. The molecule has 4 aromatic carbocycles. The summed E-state index contributed by atoms with van der Waals surface area (Å²) in [4.78, 5) is 24.3. The van der Waals surface area contributed by atoms with Crippen LogP contribution in [0.4, 0.5) is 5.69 Å². The van der Waals surface area contributed by atoms with E-state index in [0.29, 0.717) is 177 Å². The number of carbonyl (C=O) groups excluding carboxylic acids is 1. The molecule has 4 heterocycles. The maximum absolute atomic E-state index is 13.5. The van der Waals surface area contributed by atoms with Crippen LogP contribution in [-0.4, -0.2) is 203 Å². The highest BCUT2D eigenvalue weighted by Gasteiger charge is 2.46. The first kappa shape index (κ1) is 81.3. The minimum atomic E-state index is -3.72. The number of sulfonamides is 1. The van der Waals surface area contributed by atoms with E-state index in [1.54, 1.807) is 51.6 Å². The standard InChI is InChI=1S/C30H62O10.C23H22O6.C21H25ClN2O4S/c1-2-3-4-5-6-7-8-9-10-11-13-32-15-17-34-19-21-36-23-25-38-27-29-40-30-28-39-26-24-37-22-20-35-18-16-33-14-12-31;1-11(2)16-8-14-15(28-16)6-5-12-22(24)21-13-7-18(25-3)19(26-4)9-17(13)27-10-20(21)29-23(12)14;1-24-18-9-6-5-8-16(18)21(23-13-7-3-2-4-10-20(25)26)17-12-11-15(22)14-19(17)29(24,27)28/h31H,2-30H2,1H3;5-7,9,16,20-21H,1,8,10H2,2-4H3;5-6,8-9,11-12,14,21,23H,2-4,7,10,13H2,1H3,(H,25,26)/t;16-,20-,21+;/m.1./s1. The Bertz CT molecular complexity index is 3040. The van der Waals surface area contributed by atoms with Crippen molar-refractivity contribution in [2.24, 2.45) is 0 Å². The Kier molecular flexibility index (Phi) is 38.8. The van der Waals surface area contributed by atoms with E-state index < -0.39 is 28.0 Å². The Balaban J connectivity index is 0.000000235. The summed E-state index contributed by atoms with van der Waals surface area (Å²) in [5.74, 6) is 1.92. The van der Waals surface area contributed by atoms with Crippen LogP contribution in [-0.2, 0) is 63.9 Å². The van der Waals surface area contributed by atoms with E-state index in [4.69, 9.17) is 88.1 Å². The Morgan fingerprint density at radius 2 is 1.14 bits per heavy atom. The first-order valence-corrected chi connectivity index (χ1v) is 36.8. The largest absolute Gasteiger partial charge is 0.493 e. The number of carboxylic acid groups (broad SMARTS) is 1. The smallest absolute Gasteiger partial charge is 0.303 e. The van der Waals surface area contributed by atoms with E-state index in [9.17, 15) is 18.0 Å². The summed E-state index contributed by atoms with van der Waals surface area (Å²) >= 11 is 6.12. The van der Waals surface area contributed by atoms with Crippen molar-refractivity contribution in [3.8, 4) is 28.7 Å². The summed E-state index contributed by atoms with van der Waals surface area (Å²) in [6.45, 7) is 19.0. The molecule has 8 rings (SSSR count). The molecule has 548 valence electrons. The molecular formula is C74H109ClN2O20S. The van der Waals surface area contributed by atoms with E-state index in [1.807, 2.05) is 37.3 Å². The number of hydrogen-bond donors (Lipinski definition) is 3. The van der Waals surface area contributed by atoms with Crippen molar-refractivity contribution in [3.63, 3.8) is 0 Å². The average molecular weight is 1410 g/mol. The van der Waals surface area contributed by atoms with Crippen LogP contribution < -0.4 is 33.3 Å². The third-order valence-corrected chi connectivity index (χ3v) is 19.0. The van der Waals surface area contributed by atoms with Gasteiger partial charge in [0.2, 0.25) is 0 Å². The number of unbranched alkanes of at least 4 members (excludes halogenated alkanes) is 12. The zero-order chi connectivity index (χ0) is 70.2. The SMILES string of the molecule is C=C(C)[C@H]1Cc2c(ccc3c2O[C@@H]2COc4cc(OC)c(OC)cc4[C@@H]2C3=O)O1.CCCCCCCCCCCCOCCOCCOCCOCCOCCOCCOCCOCCOCCO.CN1c2ccccc2C(NCCCCCCC(=O)O)c2ccc(Cl)cc2S1(=O)=O. The zero-order valence-electron chi connectivity index (χ0n) is 58.5. The number of anilines is 1. The van der Waals surface area contributed by atoms with Gasteiger partial charge in [0, 0.05) is 48.7 Å². The van der Waals surface area contributed by atoms with Gasteiger partial charge in [-0.05, 0) is 85.8 Å². The van der Waals surface area contributed by atoms with E-state index in [-0.39, 0.29) is 42.5 Å². The number of nitrogens with one attached hydrogen (secondary N) is 1. The Hall–Kier alpha value is -5.64. The number of rotatable bonds is 48. The molecule has 0 saturated heterocycles. The number of methoxy groups -OCH3 is 2. The highest BCUT2D eigenvalue weighted by Crippen LogP contribution is 2.50. The fourth-order valence-electron chi connectivity index (χ4n) is 11.6. The van der Waals surface area contributed by atoms with Gasteiger partial charge in [-0.1, -0.05) is 120 Å². The molecule has 4 aromatic rings. The highest BCUT2D eigenvalue weighted by molar-refractivity contribution is 7.92. The third kappa shape index (κ3) is 27.0. The molecule has 0 radical (unpaired) electrons. The molecule has 1 unspecified atom stereocenters. The number of hydrogen-bond acceptors (Lipinski definition) is 20. The van der Waals surface area contributed by atoms with Crippen LogP contribution in [0, 0.1) is 0 Å². The number of aliphatic carboxylic acids is 1. The van der Waals surface area contributed by atoms with Crippen LogP contribution in [0.5, 0.6) is 28.7 Å². The topological polar surface area (TPSA) is 253 Å². The first-order valence-electron chi connectivity index (χ1n) is 35.0. The summed E-state index contributed by atoms with van der Waals surface area (Å²) in [6.07, 6.45) is 17.1. The molecule has 22 nitrogen and oxygen atoms in total. The molecule has 24 heteroatoms. The number of Topliss-reactive ketones (excluding diaryl/α,β-unsaturated/α-hetero) is 1. The first-order chi connectivity index (χ1) is 47.7. The van der Waals surface area contributed by atoms with Gasteiger partial charge < -0.3 is 81.8 Å². The summed E-state index contributed by atoms with van der Waals surface area (Å²) in [6, 6.07) is 19.4. The number of para-hydroxylation sites is 1. The second-order valence-electron chi connectivity index (χ2n) is 24.2. The monoisotopic (exact) mass is 1410 g/mol. The number of aliphatic hydroxyl groups is 1. The van der Waals surface area contributed by atoms with Gasteiger partial charge in [0.1, 0.15) is 36.1 Å². The van der Waals surface area contributed by atoms with Gasteiger partial charge in [-0.3, -0.25) is 13.9 Å². The number of carbonyl (C=O) groups is 2. The van der Waals surface area contributed by atoms with Crippen LogP contribution >= 0.6 is 11.6 Å². The second-order valence-corrected chi connectivity index (χ2v) is 26.6. The zero-order valence-corrected chi connectivity index (χ0v) is 60.1. The number of halogens is 1. The normalized spacial score (nSPS) is 16.8. The minimum absolute atomic E-state index is 0.0228. The lowest BCUT2D eigenvalue weighted by Gasteiger charge is -2.37. The molecule has 4 atom stereocenters. The van der Waals surface area contributed by atoms with Crippen LogP contribution in [0.1, 0.15) is 155 Å². The summed E-state index contributed by atoms with van der Waals surface area (Å²) < 4.78 is 106. The number of ketones is 1. The molecule has 0 bridgehead atoms. The van der Waals surface area contributed by atoms with Gasteiger partial charge in [0.25, 0.3) is 10.0 Å². The van der Waals surface area contributed by atoms with Crippen LogP contribution in [0.15, 0.2) is 83.8 Å². The lowest BCUT2D eigenvalue weighted by Crippen LogP contribution is -2.43. The molecule has 0 fully saturated rings. The van der Waals surface area contributed by atoms with Gasteiger partial charge in [0.05, 0.1) is 161 Å². The van der Waals surface area contributed by atoms with Crippen LogP contribution in [0.3, 0.4) is 0 Å².